The number of pyridine rings is 1. The fourth-order valence-electron chi connectivity index (χ4n) is 3.43. The van der Waals surface area contributed by atoms with Crippen LogP contribution in [0.5, 0.6) is 0 Å². The van der Waals surface area contributed by atoms with Gasteiger partial charge in [-0.2, -0.15) is 0 Å². The minimum absolute atomic E-state index is 0.0563. The zero-order valence-corrected chi connectivity index (χ0v) is 12.3. The van der Waals surface area contributed by atoms with Gasteiger partial charge in [-0.3, -0.25) is 14.6 Å². The number of fused-ring (bicyclic) bond motifs is 4. The van der Waals surface area contributed by atoms with E-state index in [1.54, 1.807) is 6.20 Å². The molecule has 0 saturated heterocycles. The van der Waals surface area contributed by atoms with Gasteiger partial charge in [-0.25, -0.2) is 0 Å². The molecule has 0 saturated carbocycles. The molecular formula is C16H17NO4. The summed E-state index contributed by atoms with van der Waals surface area (Å²) in [5.74, 6) is -0.739. The van der Waals surface area contributed by atoms with Crippen LogP contribution in [0.25, 0.3) is 0 Å². The largest absolute Gasteiger partial charge is 0.468 e. The Morgan fingerprint density at radius 1 is 1.38 bits per heavy atom. The van der Waals surface area contributed by atoms with Gasteiger partial charge in [0.1, 0.15) is 11.5 Å². The molecule has 1 heterocycles. The normalized spacial score (nSPS) is 28.9. The van der Waals surface area contributed by atoms with E-state index in [2.05, 4.69) is 4.98 Å². The lowest BCUT2D eigenvalue weighted by Gasteiger charge is -2.49. The maximum atomic E-state index is 12.4. The average molecular weight is 287 g/mol. The molecule has 0 radical (unpaired) electrons. The molecule has 3 rings (SSSR count). The van der Waals surface area contributed by atoms with Crippen LogP contribution in [0, 0.1) is 6.92 Å². The van der Waals surface area contributed by atoms with Crippen LogP contribution < -0.4 is 0 Å². The highest BCUT2D eigenvalue weighted by atomic mass is 16.5. The second kappa shape index (κ2) is 4.69. The van der Waals surface area contributed by atoms with Gasteiger partial charge in [0.2, 0.25) is 0 Å². The fraction of sp³-hybridized carbons (Fsp3) is 0.438. The van der Waals surface area contributed by atoms with E-state index in [-0.39, 0.29) is 17.9 Å². The number of carbonyl (C=O) groups is 2. The van der Waals surface area contributed by atoms with Crippen molar-refractivity contribution in [1.29, 1.82) is 0 Å². The van der Waals surface area contributed by atoms with Crippen molar-refractivity contribution < 1.29 is 19.1 Å². The van der Waals surface area contributed by atoms with Crippen molar-refractivity contribution in [1.82, 2.24) is 4.98 Å². The zero-order chi connectivity index (χ0) is 15.2. The molecule has 0 N–H and O–H groups in total. The van der Waals surface area contributed by atoms with Crippen molar-refractivity contribution >= 4 is 11.9 Å². The van der Waals surface area contributed by atoms with Crippen LogP contribution in [-0.4, -0.2) is 30.1 Å². The monoisotopic (exact) mass is 287 g/mol. The topological polar surface area (TPSA) is 65.5 Å². The summed E-state index contributed by atoms with van der Waals surface area (Å²) in [7, 11) is 1.37. The quantitative estimate of drug-likeness (QED) is 0.613. The van der Waals surface area contributed by atoms with Crippen molar-refractivity contribution in [3.05, 3.63) is 41.2 Å². The summed E-state index contributed by atoms with van der Waals surface area (Å²) < 4.78 is 10.2. The first kappa shape index (κ1) is 13.8. The number of aryl methyl sites for hydroxylation is 1. The third-order valence-corrected chi connectivity index (χ3v) is 4.25. The summed E-state index contributed by atoms with van der Waals surface area (Å²) in [6.45, 7) is 3.33. The molecule has 0 amide bonds. The number of hydrogen-bond donors (Lipinski definition) is 0. The Hall–Kier alpha value is -2.17. The van der Waals surface area contributed by atoms with Gasteiger partial charge in [-0.05, 0) is 24.1 Å². The summed E-state index contributed by atoms with van der Waals surface area (Å²) >= 11 is 0. The summed E-state index contributed by atoms with van der Waals surface area (Å²) in [6, 6.07) is 2.05. The Morgan fingerprint density at radius 3 is 2.81 bits per heavy atom. The number of nitrogens with zero attached hydrogens (tertiary/aromatic N) is 1. The summed E-state index contributed by atoms with van der Waals surface area (Å²) in [6.07, 6.45) is 5.48. The molecule has 0 bridgehead atoms. The molecule has 5 heteroatoms. The molecular weight excluding hydrogens is 270 g/mol. The predicted molar refractivity (Wildman–Crippen MR) is 74.7 cm³/mol. The highest BCUT2D eigenvalue weighted by molar-refractivity contribution is 5.89. The van der Waals surface area contributed by atoms with Crippen LogP contribution in [0.15, 0.2) is 24.4 Å². The Labute approximate surface area is 123 Å². The smallest absolute Gasteiger partial charge is 0.319 e. The Bertz CT molecular complexity index is 652. The minimum Gasteiger partial charge on any atom is -0.468 e. The first-order chi connectivity index (χ1) is 9.99. The van der Waals surface area contributed by atoms with Crippen LogP contribution in [0.4, 0.5) is 0 Å². The molecule has 1 aromatic rings. The number of esters is 2. The first-order valence-electron chi connectivity index (χ1n) is 6.90. The molecule has 0 aromatic carbocycles. The Morgan fingerprint density at radius 2 is 2.14 bits per heavy atom. The molecule has 3 atom stereocenters. The van der Waals surface area contributed by atoms with Crippen LogP contribution in [0.2, 0.25) is 0 Å². The minimum atomic E-state index is -0.827. The van der Waals surface area contributed by atoms with Crippen molar-refractivity contribution in [2.45, 2.75) is 37.7 Å². The van der Waals surface area contributed by atoms with E-state index in [1.807, 2.05) is 25.1 Å². The van der Waals surface area contributed by atoms with Gasteiger partial charge in [0.25, 0.3) is 0 Å². The van der Waals surface area contributed by atoms with Crippen LogP contribution in [0.3, 0.4) is 0 Å². The second-order valence-corrected chi connectivity index (χ2v) is 5.63. The van der Waals surface area contributed by atoms with Crippen molar-refractivity contribution in [3.8, 4) is 0 Å². The number of rotatable bonds is 2. The van der Waals surface area contributed by atoms with Crippen LogP contribution in [0.1, 0.15) is 36.1 Å². The van der Waals surface area contributed by atoms with Gasteiger partial charge in [-0.15, -0.1) is 0 Å². The van der Waals surface area contributed by atoms with E-state index in [0.29, 0.717) is 6.42 Å². The van der Waals surface area contributed by atoms with E-state index in [9.17, 15) is 9.59 Å². The molecule has 1 aromatic heterocycles. The van der Waals surface area contributed by atoms with Gasteiger partial charge >= 0.3 is 11.9 Å². The highest BCUT2D eigenvalue weighted by Crippen LogP contribution is 2.57. The number of aromatic nitrogens is 1. The lowest BCUT2D eigenvalue weighted by molar-refractivity contribution is -0.156. The molecule has 21 heavy (non-hydrogen) atoms. The number of methoxy groups -OCH3 is 1. The Balaban J connectivity index is 2.04. The predicted octanol–water partition coefficient (Wildman–Crippen LogP) is 1.79. The van der Waals surface area contributed by atoms with Crippen molar-refractivity contribution in [3.63, 3.8) is 0 Å². The van der Waals surface area contributed by atoms with E-state index in [1.165, 1.54) is 14.0 Å². The van der Waals surface area contributed by atoms with Gasteiger partial charge in [-0.1, -0.05) is 12.1 Å². The summed E-state index contributed by atoms with van der Waals surface area (Å²) in [5, 5.41) is 0. The molecule has 0 fully saturated rings. The number of ether oxygens (including phenoxy) is 2. The fourth-order valence-corrected chi connectivity index (χ4v) is 3.43. The van der Waals surface area contributed by atoms with Gasteiger partial charge in [0.05, 0.1) is 12.8 Å². The highest BCUT2D eigenvalue weighted by Gasteiger charge is 2.60. The average Bonchev–Trinajstić information content (AvgIpc) is 2.43. The number of hydrogen-bond acceptors (Lipinski definition) is 5. The van der Waals surface area contributed by atoms with E-state index in [4.69, 9.17) is 9.47 Å². The molecule has 0 unspecified atom stereocenters. The number of carbonyl (C=O) groups excluding carboxylic acids is 2. The second-order valence-electron chi connectivity index (χ2n) is 5.63. The molecule has 5 nitrogen and oxygen atoms in total. The maximum absolute atomic E-state index is 12.4. The molecule has 0 spiro atoms. The van der Waals surface area contributed by atoms with Crippen molar-refractivity contribution in [2.24, 2.45) is 0 Å². The van der Waals surface area contributed by atoms with Crippen molar-refractivity contribution in [2.75, 3.05) is 7.11 Å². The summed E-state index contributed by atoms with van der Waals surface area (Å²) in [5.41, 5.74) is 2.03. The zero-order valence-electron chi connectivity index (χ0n) is 12.3. The third-order valence-electron chi connectivity index (χ3n) is 4.25. The summed E-state index contributed by atoms with van der Waals surface area (Å²) in [4.78, 5) is 28.0. The SMILES string of the molecule is COC(=O)[C@]12C[C@H](OC(C)=O)C=C[C@H]1c1cc(C)cnc12. The lowest BCUT2D eigenvalue weighted by atomic mass is 9.54. The first-order valence-corrected chi connectivity index (χ1v) is 6.90. The Kier molecular flexibility index (Phi) is 3.08. The lowest BCUT2D eigenvalue weighted by Crippen LogP contribution is -2.54. The number of allylic oxidation sites excluding steroid dienone is 1. The third kappa shape index (κ3) is 1.87. The molecule has 2 aliphatic carbocycles. The standard InChI is InChI=1S/C16H17NO4/c1-9-6-12-13-5-4-11(21-10(2)18)7-16(13,15(19)20-3)14(12)17-8-9/h4-6,8,11,13H,7H2,1-3H3/t11-,13+,16-/m1/s1. The van der Waals surface area contributed by atoms with Gasteiger partial charge in [0, 0.05) is 25.5 Å². The molecule has 0 aliphatic heterocycles. The van der Waals surface area contributed by atoms with Gasteiger partial charge in [0.15, 0.2) is 0 Å². The maximum Gasteiger partial charge on any atom is 0.319 e. The van der Waals surface area contributed by atoms with Crippen LogP contribution in [-0.2, 0) is 24.5 Å². The van der Waals surface area contributed by atoms with Crippen LogP contribution >= 0.6 is 0 Å². The molecule has 110 valence electrons. The van der Waals surface area contributed by atoms with E-state index >= 15 is 0 Å². The molecule has 2 aliphatic rings. The van der Waals surface area contributed by atoms with E-state index in [0.717, 1.165) is 16.8 Å². The van der Waals surface area contributed by atoms with E-state index < -0.39 is 11.5 Å². The van der Waals surface area contributed by atoms with Gasteiger partial charge < -0.3 is 9.47 Å².